The second-order valence-electron chi connectivity index (χ2n) is 5.30. The van der Waals surface area contributed by atoms with E-state index >= 15 is 0 Å². The number of aliphatic hydroxyl groups is 1. The number of nitrogens with two attached hydrogens (primary N) is 1. The fourth-order valence-corrected chi connectivity index (χ4v) is 2.63. The molecule has 0 bridgehead atoms. The van der Waals surface area contributed by atoms with E-state index in [1.807, 2.05) is 0 Å². The molecule has 0 aromatic heterocycles. The summed E-state index contributed by atoms with van der Waals surface area (Å²) in [5.74, 6) is 0. The largest absolute Gasteiger partial charge is 0.393 e. The average molecular weight is 228 g/mol. The maximum Gasteiger partial charge on any atom is 0.0594 e. The van der Waals surface area contributed by atoms with Gasteiger partial charge in [-0.05, 0) is 32.1 Å². The summed E-state index contributed by atoms with van der Waals surface area (Å²) < 4.78 is 5.32. The normalized spacial score (nSPS) is 37.5. The molecular weight excluding hydrogens is 204 g/mol. The van der Waals surface area contributed by atoms with Gasteiger partial charge < -0.3 is 15.6 Å². The SMILES string of the molecule is NC1(CCN2CCOCC2)CCC(O)CC1. The summed E-state index contributed by atoms with van der Waals surface area (Å²) in [5.41, 5.74) is 6.34. The van der Waals surface area contributed by atoms with Crippen LogP contribution >= 0.6 is 0 Å². The zero-order valence-corrected chi connectivity index (χ0v) is 10.0. The van der Waals surface area contributed by atoms with E-state index in [4.69, 9.17) is 10.5 Å². The first-order valence-electron chi connectivity index (χ1n) is 6.45. The van der Waals surface area contributed by atoms with Crippen molar-refractivity contribution in [2.45, 2.75) is 43.7 Å². The Hall–Kier alpha value is -0.160. The highest BCUT2D eigenvalue weighted by Gasteiger charge is 2.31. The maximum absolute atomic E-state index is 9.48. The Bertz CT molecular complexity index is 209. The number of nitrogens with zero attached hydrogens (tertiary/aromatic N) is 1. The second-order valence-corrected chi connectivity index (χ2v) is 5.30. The van der Waals surface area contributed by atoms with Gasteiger partial charge in [-0.2, -0.15) is 0 Å². The van der Waals surface area contributed by atoms with Gasteiger partial charge in [0, 0.05) is 25.2 Å². The molecule has 0 spiro atoms. The van der Waals surface area contributed by atoms with Crippen molar-refractivity contribution in [2.24, 2.45) is 5.73 Å². The van der Waals surface area contributed by atoms with Crippen molar-refractivity contribution in [3.8, 4) is 0 Å². The Kier molecular flexibility index (Phi) is 4.19. The van der Waals surface area contributed by atoms with Crippen molar-refractivity contribution in [1.29, 1.82) is 0 Å². The van der Waals surface area contributed by atoms with E-state index in [2.05, 4.69) is 4.90 Å². The fourth-order valence-electron chi connectivity index (χ4n) is 2.63. The molecule has 1 saturated heterocycles. The van der Waals surface area contributed by atoms with E-state index in [1.165, 1.54) is 0 Å². The molecule has 94 valence electrons. The number of morpholine rings is 1. The molecule has 1 aliphatic heterocycles. The van der Waals surface area contributed by atoms with Crippen LogP contribution in [-0.4, -0.2) is 54.5 Å². The predicted octanol–water partition coefficient (Wildman–Crippen LogP) is 0.341. The van der Waals surface area contributed by atoms with Crippen molar-refractivity contribution < 1.29 is 9.84 Å². The predicted molar refractivity (Wildman–Crippen MR) is 63.3 cm³/mol. The summed E-state index contributed by atoms with van der Waals surface area (Å²) in [4.78, 5) is 2.43. The zero-order chi connectivity index (χ0) is 11.4. The quantitative estimate of drug-likeness (QED) is 0.731. The molecule has 0 unspecified atom stereocenters. The molecule has 1 heterocycles. The summed E-state index contributed by atoms with van der Waals surface area (Å²) in [5, 5.41) is 9.48. The van der Waals surface area contributed by atoms with Gasteiger partial charge >= 0.3 is 0 Å². The van der Waals surface area contributed by atoms with Crippen molar-refractivity contribution in [3.05, 3.63) is 0 Å². The van der Waals surface area contributed by atoms with Crippen LogP contribution in [0.2, 0.25) is 0 Å². The van der Waals surface area contributed by atoms with Crippen LogP contribution < -0.4 is 5.73 Å². The Morgan fingerprint density at radius 2 is 1.88 bits per heavy atom. The summed E-state index contributed by atoms with van der Waals surface area (Å²) in [6, 6.07) is 0. The number of ether oxygens (including phenoxy) is 1. The molecule has 0 aromatic carbocycles. The molecule has 2 fully saturated rings. The van der Waals surface area contributed by atoms with Gasteiger partial charge in [-0.1, -0.05) is 0 Å². The summed E-state index contributed by atoms with van der Waals surface area (Å²) in [6.07, 6.45) is 4.63. The molecule has 16 heavy (non-hydrogen) atoms. The van der Waals surface area contributed by atoms with E-state index in [0.29, 0.717) is 0 Å². The van der Waals surface area contributed by atoms with Gasteiger partial charge in [0.1, 0.15) is 0 Å². The van der Waals surface area contributed by atoms with E-state index in [1.54, 1.807) is 0 Å². The number of rotatable bonds is 3. The van der Waals surface area contributed by atoms with Crippen molar-refractivity contribution >= 4 is 0 Å². The standard InChI is InChI=1S/C12H24N2O2/c13-12(3-1-11(15)2-4-12)5-6-14-7-9-16-10-8-14/h11,15H,1-10,13H2. The van der Waals surface area contributed by atoms with Crippen LogP contribution in [0.4, 0.5) is 0 Å². The van der Waals surface area contributed by atoms with Crippen LogP contribution in [0.3, 0.4) is 0 Å². The molecule has 2 aliphatic rings. The van der Waals surface area contributed by atoms with Crippen molar-refractivity contribution in [1.82, 2.24) is 4.90 Å². The lowest BCUT2D eigenvalue weighted by atomic mass is 9.79. The van der Waals surface area contributed by atoms with Crippen LogP contribution in [-0.2, 0) is 4.74 Å². The molecule has 3 N–H and O–H groups in total. The van der Waals surface area contributed by atoms with Crippen molar-refractivity contribution in [3.63, 3.8) is 0 Å². The monoisotopic (exact) mass is 228 g/mol. The van der Waals surface area contributed by atoms with Gasteiger partial charge in [-0.3, -0.25) is 4.90 Å². The van der Waals surface area contributed by atoms with Crippen LogP contribution in [0.25, 0.3) is 0 Å². The molecule has 0 radical (unpaired) electrons. The summed E-state index contributed by atoms with van der Waals surface area (Å²) in [7, 11) is 0. The molecule has 4 nitrogen and oxygen atoms in total. The second kappa shape index (κ2) is 5.45. The highest BCUT2D eigenvalue weighted by atomic mass is 16.5. The average Bonchev–Trinajstić information content (AvgIpc) is 2.33. The third kappa shape index (κ3) is 3.42. The first-order chi connectivity index (χ1) is 7.68. The topological polar surface area (TPSA) is 58.7 Å². The maximum atomic E-state index is 9.48. The Morgan fingerprint density at radius 1 is 1.25 bits per heavy atom. The molecule has 1 aliphatic carbocycles. The third-order valence-electron chi connectivity index (χ3n) is 3.98. The minimum Gasteiger partial charge on any atom is -0.393 e. The highest BCUT2D eigenvalue weighted by Crippen LogP contribution is 2.29. The smallest absolute Gasteiger partial charge is 0.0594 e. The number of hydrogen-bond donors (Lipinski definition) is 2. The highest BCUT2D eigenvalue weighted by molar-refractivity contribution is 4.90. The number of aliphatic hydroxyl groups excluding tert-OH is 1. The van der Waals surface area contributed by atoms with E-state index in [0.717, 1.165) is 65.0 Å². The third-order valence-corrected chi connectivity index (χ3v) is 3.98. The number of hydrogen-bond acceptors (Lipinski definition) is 4. The Morgan fingerprint density at radius 3 is 2.50 bits per heavy atom. The van der Waals surface area contributed by atoms with E-state index in [-0.39, 0.29) is 11.6 Å². The van der Waals surface area contributed by atoms with E-state index < -0.39 is 0 Å². The molecule has 0 aromatic rings. The van der Waals surface area contributed by atoms with Crippen LogP contribution in [0, 0.1) is 0 Å². The Labute approximate surface area is 97.7 Å². The minimum atomic E-state index is -0.111. The lowest BCUT2D eigenvalue weighted by molar-refractivity contribution is 0.0301. The molecular formula is C12H24N2O2. The van der Waals surface area contributed by atoms with Gasteiger partial charge in [-0.25, -0.2) is 0 Å². The summed E-state index contributed by atoms with van der Waals surface area (Å²) in [6.45, 7) is 4.87. The van der Waals surface area contributed by atoms with Crippen LogP contribution in [0.5, 0.6) is 0 Å². The first-order valence-corrected chi connectivity index (χ1v) is 6.45. The van der Waals surface area contributed by atoms with Crippen LogP contribution in [0.15, 0.2) is 0 Å². The van der Waals surface area contributed by atoms with Gasteiger partial charge in [-0.15, -0.1) is 0 Å². The van der Waals surface area contributed by atoms with Crippen LogP contribution in [0.1, 0.15) is 32.1 Å². The lowest BCUT2D eigenvalue weighted by Crippen LogP contribution is -2.48. The first kappa shape index (κ1) is 12.3. The molecule has 2 rings (SSSR count). The molecule has 0 amide bonds. The zero-order valence-electron chi connectivity index (χ0n) is 10.0. The summed E-state index contributed by atoms with van der Waals surface area (Å²) >= 11 is 0. The molecule has 0 atom stereocenters. The van der Waals surface area contributed by atoms with E-state index in [9.17, 15) is 5.11 Å². The van der Waals surface area contributed by atoms with Crippen molar-refractivity contribution in [2.75, 3.05) is 32.8 Å². The van der Waals surface area contributed by atoms with Gasteiger partial charge in [0.25, 0.3) is 0 Å². The minimum absolute atomic E-state index is 0.0302. The van der Waals surface area contributed by atoms with Gasteiger partial charge in [0.15, 0.2) is 0 Å². The molecule has 1 saturated carbocycles. The van der Waals surface area contributed by atoms with Gasteiger partial charge in [0.2, 0.25) is 0 Å². The fraction of sp³-hybridized carbons (Fsp3) is 1.00. The Balaban J connectivity index is 1.71. The van der Waals surface area contributed by atoms with Gasteiger partial charge in [0.05, 0.1) is 19.3 Å². The lowest BCUT2D eigenvalue weighted by Gasteiger charge is -2.37. The molecule has 4 heteroatoms.